The molecule has 0 spiro atoms. The molecule has 3 aliphatic rings. The average molecular weight is 594 g/mol. The van der Waals surface area contributed by atoms with Gasteiger partial charge in [-0.05, 0) is 62.7 Å². The van der Waals surface area contributed by atoms with Crippen LogP contribution in [0.3, 0.4) is 0 Å². The number of benzene rings is 2. The molecule has 3 N–H and O–H groups in total. The second-order valence-corrected chi connectivity index (χ2v) is 11.4. The summed E-state index contributed by atoms with van der Waals surface area (Å²) in [5.41, 5.74) is 3.10. The Bertz CT molecular complexity index is 1760. The first-order chi connectivity index (χ1) is 21.5. The highest BCUT2D eigenvalue weighted by atomic mass is 16.5. The Hall–Kier alpha value is -4.81. The van der Waals surface area contributed by atoms with Gasteiger partial charge in [0.05, 0.1) is 23.6 Å². The Morgan fingerprint density at radius 1 is 1.11 bits per heavy atom. The Morgan fingerprint density at radius 3 is 2.66 bits per heavy atom. The number of hydrogen-bond donors (Lipinski definition) is 3. The lowest BCUT2D eigenvalue weighted by Crippen LogP contribution is -2.51. The summed E-state index contributed by atoms with van der Waals surface area (Å²) >= 11 is 0. The van der Waals surface area contributed by atoms with Crippen LogP contribution < -0.4 is 15.4 Å². The summed E-state index contributed by atoms with van der Waals surface area (Å²) < 4.78 is 13.3. The number of aliphatic hydroxyl groups excluding tert-OH is 1. The summed E-state index contributed by atoms with van der Waals surface area (Å²) in [6.07, 6.45) is 6.45. The monoisotopic (exact) mass is 593 g/mol. The van der Waals surface area contributed by atoms with Crippen molar-refractivity contribution in [3.05, 3.63) is 78.8 Å². The number of piperidine rings is 3. The quantitative estimate of drug-likeness (QED) is 0.185. The molecule has 0 amide bonds. The fraction of sp³-hybridized carbons (Fsp3) is 0.344. The van der Waals surface area contributed by atoms with Crippen molar-refractivity contribution in [2.45, 2.75) is 30.7 Å². The van der Waals surface area contributed by atoms with Crippen LogP contribution in [0.1, 0.15) is 36.7 Å². The van der Waals surface area contributed by atoms with Gasteiger partial charge in [-0.15, -0.1) is 5.10 Å². The van der Waals surface area contributed by atoms with E-state index in [1.807, 2.05) is 55.6 Å². The molecule has 3 fully saturated rings. The lowest BCUT2D eigenvalue weighted by molar-refractivity contribution is 0.0747. The number of ether oxygens (including phenoxy) is 1. The van der Waals surface area contributed by atoms with Crippen molar-refractivity contribution in [3.63, 3.8) is 0 Å². The lowest BCUT2D eigenvalue weighted by Gasteiger charge is -2.46. The van der Waals surface area contributed by atoms with E-state index in [0.717, 1.165) is 66.9 Å². The number of aliphatic hydroxyl groups is 1. The van der Waals surface area contributed by atoms with Crippen LogP contribution in [0.2, 0.25) is 0 Å². The van der Waals surface area contributed by atoms with E-state index in [2.05, 4.69) is 37.4 Å². The molecule has 1 atom stereocenters. The highest BCUT2D eigenvalue weighted by molar-refractivity contribution is 5.88. The number of aryl methyl sites for hydroxylation is 1. The maximum Gasteiger partial charge on any atom is 0.263 e. The number of hydrogen-bond acceptors (Lipinski definition) is 11. The Labute approximate surface area is 254 Å². The van der Waals surface area contributed by atoms with Gasteiger partial charge in [0, 0.05) is 24.3 Å². The molecule has 2 bridgehead atoms. The van der Waals surface area contributed by atoms with Crippen LogP contribution in [0.4, 0.5) is 17.5 Å². The van der Waals surface area contributed by atoms with Crippen LogP contribution in [0.5, 0.6) is 5.88 Å². The third-order valence-electron chi connectivity index (χ3n) is 8.75. The largest absolute Gasteiger partial charge is 0.472 e. The van der Waals surface area contributed by atoms with Crippen molar-refractivity contribution in [3.8, 4) is 17.3 Å². The second kappa shape index (κ2) is 11.7. The normalized spacial score (nSPS) is 20.0. The van der Waals surface area contributed by atoms with E-state index in [1.54, 1.807) is 17.0 Å². The van der Waals surface area contributed by atoms with Crippen LogP contribution in [0.25, 0.3) is 22.4 Å². The smallest absolute Gasteiger partial charge is 0.263 e. The molecule has 226 valence electrons. The number of nitrogens with zero attached hydrogens (tertiary/aromatic N) is 7. The van der Waals surface area contributed by atoms with Crippen LogP contribution >= 0.6 is 0 Å². The number of fused-ring (bicyclic) bond motifs is 4. The van der Waals surface area contributed by atoms with Crippen molar-refractivity contribution in [2.75, 3.05) is 43.5 Å². The zero-order valence-electron chi connectivity index (χ0n) is 24.6. The minimum Gasteiger partial charge on any atom is -0.472 e. The summed E-state index contributed by atoms with van der Waals surface area (Å²) in [7, 11) is 1.87. The first-order valence-corrected chi connectivity index (χ1v) is 14.9. The third kappa shape index (κ3) is 5.26. The van der Waals surface area contributed by atoms with Gasteiger partial charge in [-0.1, -0.05) is 48.1 Å². The first-order valence-electron chi connectivity index (χ1n) is 14.9. The van der Waals surface area contributed by atoms with Crippen molar-refractivity contribution < 1.29 is 14.4 Å². The van der Waals surface area contributed by atoms with Crippen LogP contribution in [0, 0.1) is 0 Å². The van der Waals surface area contributed by atoms with Gasteiger partial charge >= 0.3 is 0 Å². The molecular weight excluding hydrogens is 558 g/mol. The van der Waals surface area contributed by atoms with Gasteiger partial charge in [-0.25, -0.2) is 4.98 Å². The van der Waals surface area contributed by atoms with Crippen LogP contribution in [-0.2, 0) is 12.5 Å². The molecule has 0 radical (unpaired) electrons. The van der Waals surface area contributed by atoms with E-state index in [0.29, 0.717) is 35.7 Å². The highest BCUT2D eigenvalue weighted by Crippen LogP contribution is 2.42. The van der Waals surface area contributed by atoms with Gasteiger partial charge in [0.15, 0.2) is 5.82 Å². The predicted molar refractivity (Wildman–Crippen MR) is 167 cm³/mol. The summed E-state index contributed by atoms with van der Waals surface area (Å²) in [4.78, 5) is 16.8. The van der Waals surface area contributed by atoms with E-state index >= 15 is 0 Å². The van der Waals surface area contributed by atoms with Gasteiger partial charge in [-0.3, -0.25) is 4.68 Å². The molecule has 12 nitrogen and oxygen atoms in total. The third-order valence-corrected chi connectivity index (χ3v) is 8.75. The van der Waals surface area contributed by atoms with Crippen molar-refractivity contribution in [1.29, 1.82) is 0 Å². The van der Waals surface area contributed by atoms with E-state index in [9.17, 15) is 5.11 Å². The Morgan fingerprint density at radius 2 is 1.91 bits per heavy atom. The first kappa shape index (κ1) is 28.0. The molecule has 12 heteroatoms. The molecule has 3 aromatic heterocycles. The Balaban J connectivity index is 1.22. The van der Waals surface area contributed by atoms with Crippen LogP contribution in [0.15, 0.2) is 71.9 Å². The maximum absolute atomic E-state index is 10.3. The van der Waals surface area contributed by atoms with Crippen molar-refractivity contribution in [2.24, 2.45) is 7.05 Å². The fourth-order valence-corrected chi connectivity index (χ4v) is 6.18. The summed E-state index contributed by atoms with van der Waals surface area (Å²) in [5.74, 6) is 2.49. The molecule has 0 aliphatic carbocycles. The molecule has 5 aromatic rings. The standard InChI is InChI=1S/C32H35N9O3/c1-3-17-43-29-23-10-9-22(18-26(23)40(2)38-29)34-31-33-19-24(27(36-31)35-25(20-42)21-7-5-4-6-8-21)28-37-30(39-44-28)32-11-14-41(15-12-32)16-13-32/h3-10,18-19,25,42H,1,11-17,20H2,2H3,(H2,33,34,35,36). The highest BCUT2D eigenvalue weighted by Gasteiger charge is 2.44. The van der Waals surface area contributed by atoms with E-state index in [4.69, 9.17) is 19.2 Å². The molecule has 0 saturated carbocycles. The van der Waals surface area contributed by atoms with Gasteiger partial charge < -0.3 is 29.9 Å². The van der Waals surface area contributed by atoms with E-state index in [1.165, 1.54) is 0 Å². The second-order valence-electron chi connectivity index (χ2n) is 11.4. The van der Waals surface area contributed by atoms with Gasteiger partial charge in [0.2, 0.25) is 11.8 Å². The molecule has 3 aliphatic heterocycles. The number of nitrogens with one attached hydrogen (secondary N) is 2. The van der Waals surface area contributed by atoms with E-state index in [-0.39, 0.29) is 12.0 Å². The average Bonchev–Trinajstić information content (AvgIpc) is 3.69. The number of rotatable bonds is 11. The predicted octanol–water partition coefficient (Wildman–Crippen LogP) is 4.60. The zero-order valence-corrected chi connectivity index (χ0v) is 24.6. The van der Waals surface area contributed by atoms with Gasteiger partial charge in [0.1, 0.15) is 18.0 Å². The van der Waals surface area contributed by atoms with E-state index < -0.39 is 6.04 Å². The zero-order chi connectivity index (χ0) is 30.1. The maximum atomic E-state index is 10.3. The molecule has 44 heavy (non-hydrogen) atoms. The molecular formula is C32H35N9O3. The number of aromatic nitrogens is 6. The summed E-state index contributed by atoms with van der Waals surface area (Å²) in [6.45, 7) is 7.12. The van der Waals surface area contributed by atoms with Crippen molar-refractivity contribution >= 4 is 28.4 Å². The minimum atomic E-state index is -0.416. The number of anilines is 3. The van der Waals surface area contributed by atoms with Gasteiger partial charge in [-0.2, -0.15) is 9.97 Å². The topological polar surface area (TPSA) is 139 Å². The SMILES string of the molecule is C=CCOc1nn(C)c2cc(Nc3ncc(-c4nc(C56CCN(CC5)CC6)no4)c(NC(CO)c4ccccc4)n3)ccc12. The molecule has 6 heterocycles. The lowest BCUT2D eigenvalue weighted by atomic mass is 9.71. The summed E-state index contributed by atoms with van der Waals surface area (Å²) in [5, 5.41) is 26.9. The summed E-state index contributed by atoms with van der Waals surface area (Å²) in [6, 6.07) is 15.2. The fourth-order valence-electron chi connectivity index (χ4n) is 6.18. The molecule has 1 unspecified atom stereocenters. The minimum absolute atomic E-state index is 0.0504. The Kier molecular flexibility index (Phi) is 7.44. The van der Waals surface area contributed by atoms with Gasteiger partial charge in [0.25, 0.3) is 5.89 Å². The molecule has 3 saturated heterocycles. The molecule has 2 aromatic carbocycles. The molecule has 8 rings (SSSR count). The van der Waals surface area contributed by atoms with Crippen LogP contribution in [-0.4, -0.2) is 72.7 Å². The van der Waals surface area contributed by atoms with Crippen molar-refractivity contribution in [1.82, 2.24) is 34.8 Å².